The molecule has 0 unspecified atom stereocenters. The predicted molar refractivity (Wildman–Crippen MR) is 114 cm³/mol. The Morgan fingerprint density at radius 2 is 1.84 bits per heavy atom. The zero-order valence-corrected chi connectivity index (χ0v) is 18.0. The lowest BCUT2D eigenvalue weighted by molar-refractivity contribution is -0.137. The first kappa shape index (κ1) is 24.0. The molecule has 2 rings (SSSR count). The fourth-order valence-electron chi connectivity index (χ4n) is 2.74. The Bertz CT molecular complexity index is 927. The van der Waals surface area contributed by atoms with Gasteiger partial charge >= 0.3 is 6.18 Å². The van der Waals surface area contributed by atoms with E-state index in [1.54, 1.807) is 27.3 Å². The third kappa shape index (κ3) is 7.84. The Morgan fingerprint density at radius 3 is 2.48 bits per heavy atom. The van der Waals surface area contributed by atoms with E-state index in [9.17, 15) is 18.0 Å². The van der Waals surface area contributed by atoms with Crippen LogP contribution < -0.4 is 15.4 Å². The molecule has 0 aliphatic heterocycles. The van der Waals surface area contributed by atoms with Gasteiger partial charge in [0.2, 0.25) is 5.91 Å². The second-order valence-corrected chi connectivity index (χ2v) is 7.22. The van der Waals surface area contributed by atoms with Crippen molar-refractivity contribution in [3.8, 4) is 5.75 Å². The third-order valence-corrected chi connectivity index (χ3v) is 4.39. The van der Waals surface area contributed by atoms with Gasteiger partial charge in [-0.2, -0.15) is 13.2 Å². The van der Waals surface area contributed by atoms with Gasteiger partial charge in [0.05, 0.1) is 25.8 Å². The van der Waals surface area contributed by atoms with Crippen molar-refractivity contribution in [2.75, 3.05) is 27.7 Å². The number of nitrogens with one attached hydrogen (secondary N) is 2. The molecule has 1 amide bonds. The molecule has 0 aliphatic rings. The highest BCUT2D eigenvalue weighted by atomic mass is 19.4. The summed E-state index contributed by atoms with van der Waals surface area (Å²) in [4.78, 5) is 17.8. The Kier molecular flexibility index (Phi) is 8.30. The predicted octanol–water partition coefficient (Wildman–Crippen LogP) is 3.35. The molecule has 0 radical (unpaired) electrons. The smallest absolute Gasteiger partial charge is 0.416 e. The normalized spacial score (nSPS) is 11.8. The first-order valence-electron chi connectivity index (χ1n) is 9.61. The number of ether oxygens (including phenoxy) is 1. The van der Waals surface area contributed by atoms with E-state index < -0.39 is 11.7 Å². The minimum atomic E-state index is -4.41. The molecule has 0 atom stereocenters. The fourth-order valence-corrected chi connectivity index (χ4v) is 2.74. The number of amides is 1. The Morgan fingerprint density at radius 1 is 1.10 bits per heavy atom. The van der Waals surface area contributed by atoms with Gasteiger partial charge in [0.25, 0.3) is 0 Å². The highest BCUT2D eigenvalue weighted by molar-refractivity contribution is 5.86. The van der Waals surface area contributed by atoms with Gasteiger partial charge in [-0.25, -0.2) is 4.99 Å². The first-order chi connectivity index (χ1) is 14.6. The number of guanidine groups is 1. The molecule has 2 aromatic rings. The van der Waals surface area contributed by atoms with Crippen LogP contribution in [0.5, 0.6) is 5.75 Å². The van der Waals surface area contributed by atoms with Gasteiger partial charge in [-0.15, -0.1) is 0 Å². The lowest BCUT2D eigenvalue weighted by atomic mass is 10.1. The maximum absolute atomic E-state index is 12.9. The second-order valence-electron chi connectivity index (χ2n) is 7.22. The number of carbonyl (C=O) groups excluding carboxylic acids is 1. The van der Waals surface area contributed by atoms with Crippen LogP contribution in [0.15, 0.2) is 47.5 Å². The molecule has 0 fully saturated rings. The molecule has 0 heterocycles. The quantitative estimate of drug-likeness (QED) is 0.516. The van der Waals surface area contributed by atoms with Crippen molar-refractivity contribution in [2.45, 2.75) is 26.2 Å². The second kappa shape index (κ2) is 10.7. The number of carbonyl (C=O) groups is 1. The molecular formula is C22H27F3N4O2. The number of halogens is 3. The third-order valence-electron chi connectivity index (χ3n) is 4.39. The van der Waals surface area contributed by atoms with Crippen molar-refractivity contribution in [3.05, 3.63) is 64.7 Å². The van der Waals surface area contributed by atoms with Crippen LogP contribution in [-0.2, 0) is 24.1 Å². The van der Waals surface area contributed by atoms with E-state index in [-0.39, 0.29) is 19.0 Å². The number of benzene rings is 2. The molecule has 2 aromatic carbocycles. The summed E-state index contributed by atoms with van der Waals surface area (Å²) in [6.45, 7) is 2.35. The van der Waals surface area contributed by atoms with Crippen LogP contribution >= 0.6 is 0 Å². The van der Waals surface area contributed by atoms with E-state index in [1.165, 1.54) is 11.0 Å². The number of nitrogens with zero attached hydrogens (tertiary/aromatic N) is 2. The highest BCUT2D eigenvalue weighted by Crippen LogP contribution is 2.29. The maximum Gasteiger partial charge on any atom is 0.416 e. The number of aliphatic imine (C=N–C) groups is 1. The summed E-state index contributed by atoms with van der Waals surface area (Å²) in [6, 6.07) is 10.8. The molecule has 6 nitrogen and oxygen atoms in total. The maximum atomic E-state index is 12.9. The summed E-state index contributed by atoms with van der Waals surface area (Å²) >= 11 is 0. The van der Waals surface area contributed by atoms with Crippen LogP contribution in [0, 0.1) is 6.92 Å². The Hall–Kier alpha value is -3.23. The Labute approximate surface area is 180 Å². The zero-order chi connectivity index (χ0) is 23.0. The van der Waals surface area contributed by atoms with Crippen molar-refractivity contribution in [3.63, 3.8) is 0 Å². The van der Waals surface area contributed by atoms with Crippen LogP contribution in [0.1, 0.15) is 22.3 Å². The van der Waals surface area contributed by atoms with Crippen LogP contribution in [0.3, 0.4) is 0 Å². The summed E-state index contributed by atoms with van der Waals surface area (Å²) in [5.41, 5.74) is 1.64. The van der Waals surface area contributed by atoms with Gasteiger partial charge in [0, 0.05) is 20.6 Å². The largest absolute Gasteiger partial charge is 0.497 e. The van der Waals surface area contributed by atoms with Crippen LogP contribution in [0.2, 0.25) is 0 Å². The number of rotatable bonds is 7. The van der Waals surface area contributed by atoms with E-state index >= 15 is 0 Å². The van der Waals surface area contributed by atoms with Crippen LogP contribution in [0.25, 0.3) is 0 Å². The number of methoxy groups -OCH3 is 1. The van der Waals surface area contributed by atoms with Crippen molar-refractivity contribution in [1.29, 1.82) is 0 Å². The van der Waals surface area contributed by atoms with Crippen molar-refractivity contribution in [2.24, 2.45) is 4.99 Å². The van der Waals surface area contributed by atoms with Gasteiger partial charge in [-0.3, -0.25) is 4.79 Å². The average Bonchev–Trinajstić information content (AvgIpc) is 2.72. The summed E-state index contributed by atoms with van der Waals surface area (Å²) in [5.74, 6) is 0.860. The minimum Gasteiger partial charge on any atom is -0.497 e. The monoisotopic (exact) mass is 436 g/mol. The molecule has 0 saturated carbocycles. The summed E-state index contributed by atoms with van der Waals surface area (Å²) in [6.07, 6.45) is -4.41. The van der Waals surface area contributed by atoms with E-state index in [2.05, 4.69) is 15.6 Å². The van der Waals surface area contributed by atoms with Gasteiger partial charge < -0.3 is 20.3 Å². The number of aryl methyl sites for hydroxylation is 1. The molecule has 0 aromatic heterocycles. The number of likely N-dealkylation sites (N-methyl/N-ethyl adjacent to an activating group) is 1. The molecule has 31 heavy (non-hydrogen) atoms. The first-order valence-corrected chi connectivity index (χ1v) is 9.61. The summed E-state index contributed by atoms with van der Waals surface area (Å²) < 4.78 is 44.1. The summed E-state index contributed by atoms with van der Waals surface area (Å²) in [7, 11) is 4.85. The topological polar surface area (TPSA) is 66.0 Å². The van der Waals surface area contributed by atoms with Crippen molar-refractivity contribution in [1.82, 2.24) is 15.5 Å². The summed E-state index contributed by atoms with van der Waals surface area (Å²) in [5, 5.41) is 5.92. The molecule has 2 N–H and O–H groups in total. The van der Waals surface area contributed by atoms with Crippen LogP contribution in [-0.4, -0.2) is 44.5 Å². The average molecular weight is 436 g/mol. The van der Waals surface area contributed by atoms with Crippen molar-refractivity contribution < 1.29 is 22.7 Å². The van der Waals surface area contributed by atoms with Gasteiger partial charge in [0.1, 0.15) is 5.75 Å². The lowest BCUT2D eigenvalue weighted by Crippen LogP contribution is -2.42. The minimum absolute atomic E-state index is 0.00143. The van der Waals surface area contributed by atoms with E-state index in [1.807, 2.05) is 25.1 Å². The zero-order valence-electron chi connectivity index (χ0n) is 18.0. The SMILES string of the molecule is COc1cc(C)cc(CN=C(NCC(=O)N(C)C)NCc2cccc(C(F)(F)F)c2)c1. The fraction of sp³-hybridized carbons (Fsp3) is 0.364. The van der Waals surface area contributed by atoms with E-state index in [4.69, 9.17) is 4.74 Å². The van der Waals surface area contributed by atoms with Crippen molar-refractivity contribution >= 4 is 11.9 Å². The molecule has 0 spiro atoms. The number of hydrogen-bond acceptors (Lipinski definition) is 3. The van der Waals surface area contributed by atoms with Gasteiger partial charge in [0.15, 0.2) is 5.96 Å². The Balaban J connectivity index is 2.15. The van der Waals surface area contributed by atoms with Gasteiger partial charge in [-0.05, 0) is 47.9 Å². The number of hydrogen-bond donors (Lipinski definition) is 2. The van der Waals surface area contributed by atoms with E-state index in [0.29, 0.717) is 23.8 Å². The lowest BCUT2D eigenvalue weighted by Gasteiger charge is -2.16. The molecule has 9 heteroatoms. The highest BCUT2D eigenvalue weighted by Gasteiger charge is 2.30. The molecule has 168 valence electrons. The standard InChI is InChI=1S/C22H27F3N4O2/c1-15-8-17(11-19(9-15)31-4)13-27-21(28-14-20(30)29(2)3)26-12-16-6-5-7-18(10-16)22(23,24)25/h5-11H,12-14H2,1-4H3,(H2,26,27,28). The molecular weight excluding hydrogens is 409 g/mol. The molecule has 0 saturated heterocycles. The van der Waals surface area contributed by atoms with Crippen LogP contribution in [0.4, 0.5) is 13.2 Å². The molecule has 0 aliphatic carbocycles. The van der Waals surface area contributed by atoms with Gasteiger partial charge in [-0.1, -0.05) is 18.2 Å². The molecule has 0 bridgehead atoms. The number of alkyl halides is 3. The van der Waals surface area contributed by atoms with E-state index in [0.717, 1.165) is 23.3 Å².